The third-order valence-electron chi connectivity index (χ3n) is 7.03. The van der Waals surface area contributed by atoms with E-state index in [0.29, 0.717) is 18.9 Å². The van der Waals surface area contributed by atoms with Crippen LogP contribution in [-0.2, 0) is 16.9 Å². The zero-order valence-electron chi connectivity index (χ0n) is 16.8. The summed E-state index contributed by atoms with van der Waals surface area (Å²) in [6, 6.07) is 19.1. The molecule has 4 rings (SSSR count). The zero-order valence-corrected chi connectivity index (χ0v) is 18.4. The van der Waals surface area contributed by atoms with Gasteiger partial charge in [-0.25, -0.2) is 0 Å². The van der Waals surface area contributed by atoms with Gasteiger partial charge in [-0.05, 0) is 62.4 Å². The highest BCUT2D eigenvalue weighted by molar-refractivity contribution is 9.10. The molecule has 28 heavy (non-hydrogen) atoms. The first kappa shape index (κ1) is 19.7. The van der Waals surface area contributed by atoms with Gasteiger partial charge in [-0.3, -0.25) is 9.69 Å². The van der Waals surface area contributed by atoms with Crippen molar-refractivity contribution < 1.29 is 4.79 Å². The van der Waals surface area contributed by atoms with E-state index >= 15 is 0 Å². The Bertz CT molecular complexity index is 841. The summed E-state index contributed by atoms with van der Waals surface area (Å²) >= 11 is 3.62. The molecular formula is C24H29BrN2O. The van der Waals surface area contributed by atoms with Crippen LogP contribution in [0.25, 0.3) is 0 Å². The molecule has 148 valence electrons. The van der Waals surface area contributed by atoms with Crippen molar-refractivity contribution in [1.82, 2.24) is 9.80 Å². The van der Waals surface area contributed by atoms with Gasteiger partial charge in [0.25, 0.3) is 0 Å². The fraction of sp³-hybridized carbons (Fsp3) is 0.458. The van der Waals surface area contributed by atoms with Crippen LogP contribution in [0, 0.1) is 5.41 Å². The number of hydrogen-bond acceptors (Lipinski definition) is 2. The minimum absolute atomic E-state index is 0.0887. The van der Waals surface area contributed by atoms with Gasteiger partial charge < -0.3 is 4.90 Å². The van der Waals surface area contributed by atoms with Crippen molar-refractivity contribution in [2.24, 2.45) is 5.41 Å². The van der Waals surface area contributed by atoms with E-state index in [-0.39, 0.29) is 11.0 Å². The molecule has 1 amide bonds. The first-order valence-corrected chi connectivity index (χ1v) is 11.0. The molecule has 1 aliphatic heterocycles. The van der Waals surface area contributed by atoms with E-state index in [4.69, 9.17) is 0 Å². The first-order valence-electron chi connectivity index (χ1n) is 10.2. The minimum atomic E-state index is 0.0887. The number of halogens is 1. The normalized spacial score (nSPS) is 27.7. The summed E-state index contributed by atoms with van der Waals surface area (Å²) < 4.78 is 1.09. The van der Waals surface area contributed by atoms with E-state index in [0.717, 1.165) is 36.7 Å². The molecule has 1 saturated carbocycles. The standard InChI is InChI=1S/C24H29BrN2O/c1-26(2)24(20-9-4-3-5-10-20)14-12-23(13-15-24)16-22(28)27(18-23)17-19-8-6-7-11-21(19)25/h3-11H,12-18H2,1-2H3/t23-,24+. The predicted octanol–water partition coefficient (Wildman–Crippen LogP) is 5.20. The fourth-order valence-electron chi connectivity index (χ4n) is 5.23. The zero-order chi connectivity index (χ0) is 19.8. The lowest BCUT2D eigenvalue weighted by molar-refractivity contribution is -0.128. The van der Waals surface area contributed by atoms with Crippen LogP contribution in [0.1, 0.15) is 43.2 Å². The van der Waals surface area contributed by atoms with E-state index in [1.807, 2.05) is 12.1 Å². The largest absolute Gasteiger partial charge is 0.338 e. The molecule has 3 nitrogen and oxygen atoms in total. The summed E-state index contributed by atoms with van der Waals surface area (Å²) in [5, 5.41) is 0. The number of likely N-dealkylation sites (tertiary alicyclic amines) is 1. The van der Waals surface area contributed by atoms with Crippen molar-refractivity contribution in [3.63, 3.8) is 0 Å². The molecule has 0 atom stereocenters. The molecule has 1 heterocycles. The van der Waals surface area contributed by atoms with Crippen molar-refractivity contribution >= 4 is 21.8 Å². The van der Waals surface area contributed by atoms with Crippen molar-refractivity contribution in [3.8, 4) is 0 Å². The van der Waals surface area contributed by atoms with Crippen molar-refractivity contribution in [2.45, 2.75) is 44.2 Å². The molecule has 2 aliphatic rings. The molecule has 1 saturated heterocycles. The number of carbonyl (C=O) groups excluding carboxylic acids is 1. The van der Waals surface area contributed by atoms with Crippen LogP contribution in [0.15, 0.2) is 59.1 Å². The third-order valence-corrected chi connectivity index (χ3v) is 7.80. The number of nitrogens with zero attached hydrogens (tertiary/aromatic N) is 2. The van der Waals surface area contributed by atoms with Crippen LogP contribution in [0.4, 0.5) is 0 Å². The van der Waals surface area contributed by atoms with Crippen LogP contribution in [0.3, 0.4) is 0 Å². The summed E-state index contributed by atoms with van der Waals surface area (Å²) in [5.41, 5.74) is 2.83. The van der Waals surface area contributed by atoms with Gasteiger partial charge >= 0.3 is 0 Å². The molecular weight excluding hydrogens is 412 g/mol. The Hall–Kier alpha value is -1.65. The molecule has 2 fully saturated rings. The predicted molar refractivity (Wildman–Crippen MR) is 117 cm³/mol. The average Bonchev–Trinajstić information content (AvgIpc) is 3.00. The molecule has 2 aromatic carbocycles. The number of benzene rings is 2. The SMILES string of the molecule is CN(C)[C@]1(c2ccccc2)CC[C@]2(CC1)CC(=O)N(Cc1ccccc1Br)C2. The number of rotatable bonds is 4. The fourth-order valence-corrected chi connectivity index (χ4v) is 5.64. The van der Waals surface area contributed by atoms with Crippen LogP contribution >= 0.6 is 15.9 Å². The van der Waals surface area contributed by atoms with Crippen molar-refractivity contribution in [3.05, 3.63) is 70.2 Å². The Kier molecular flexibility index (Phi) is 5.36. The van der Waals surface area contributed by atoms with Gasteiger partial charge in [0.2, 0.25) is 5.91 Å². The van der Waals surface area contributed by atoms with Gasteiger partial charge in [-0.15, -0.1) is 0 Å². The van der Waals surface area contributed by atoms with Crippen LogP contribution in [0.2, 0.25) is 0 Å². The molecule has 2 aromatic rings. The maximum atomic E-state index is 12.8. The molecule has 0 unspecified atom stereocenters. The smallest absolute Gasteiger partial charge is 0.223 e. The molecule has 0 bridgehead atoms. The maximum absolute atomic E-state index is 12.8. The van der Waals surface area contributed by atoms with E-state index < -0.39 is 0 Å². The number of carbonyl (C=O) groups is 1. The Balaban J connectivity index is 1.50. The van der Waals surface area contributed by atoms with Crippen molar-refractivity contribution in [2.75, 3.05) is 20.6 Å². The molecule has 0 aromatic heterocycles. The Morgan fingerprint density at radius 1 is 0.964 bits per heavy atom. The van der Waals surface area contributed by atoms with Gasteiger partial charge in [0.05, 0.1) is 0 Å². The first-order chi connectivity index (χ1) is 13.4. The lowest BCUT2D eigenvalue weighted by Gasteiger charge is -2.48. The summed E-state index contributed by atoms with van der Waals surface area (Å²) in [6.07, 6.45) is 5.15. The molecule has 1 spiro atoms. The average molecular weight is 441 g/mol. The van der Waals surface area contributed by atoms with Gasteiger partial charge in [0.15, 0.2) is 0 Å². The van der Waals surface area contributed by atoms with Gasteiger partial charge in [0, 0.05) is 29.5 Å². The maximum Gasteiger partial charge on any atom is 0.223 e. The highest BCUT2D eigenvalue weighted by Gasteiger charge is 2.50. The minimum Gasteiger partial charge on any atom is -0.338 e. The Labute approximate surface area is 176 Å². The molecule has 1 aliphatic carbocycles. The lowest BCUT2D eigenvalue weighted by atomic mass is 9.64. The van der Waals surface area contributed by atoms with E-state index in [1.165, 1.54) is 11.1 Å². The summed E-state index contributed by atoms with van der Waals surface area (Å²) in [7, 11) is 4.40. The quantitative estimate of drug-likeness (QED) is 0.651. The van der Waals surface area contributed by atoms with Gasteiger partial charge in [-0.1, -0.05) is 64.5 Å². The van der Waals surface area contributed by atoms with Crippen LogP contribution in [0.5, 0.6) is 0 Å². The molecule has 4 heteroatoms. The van der Waals surface area contributed by atoms with Gasteiger partial charge in [-0.2, -0.15) is 0 Å². The van der Waals surface area contributed by atoms with Gasteiger partial charge in [0.1, 0.15) is 0 Å². The molecule has 0 N–H and O–H groups in total. The summed E-state index contributed by atoms with van der Waals surface area (Å²) in [6.45, 7) is 1.60. The van der Waals surface area contributed by atoms with E-state index in [9.17, 15) is 4.79 Å². The third kappa shape index (κ3) is 3.53. The second kappa shape index (κ2) is 7.64. The number of amides is 1. The topological polar surface area (TPSA) is 23.6 Å². The highest BCUT2D eigenvalue weighted by Crippen LogP contribution is 2.52. The summed E-state index contributed by atoms with van der Waals surface area (Å²) in [4.78, 5) is 17.3. The second-order valence-corrected chi connectivity index (χ2v) is 9.66. The lowest BCUT2D eigenvalue weighted by Crippen LogP contribution is -2.47. The highest BCUT2D eigenvalue weighted by atomic mass is 79.9. The van der Waals surface area contributed by atoms with E-state index in [1.54, 1.807) is 0 Å². The second-order valence-electron chi connectivity index (χ2n) is 8.81. The van der Waals surface area contributed by atoms with Crippen molar-refractivity contribution in [1.29, 1.82) is 0 Å². The summed E-state index contributed by atoms with van der Waals surface area (Å²) in [5.74, 6) is 0.313. The van der Waals surface area contributed by atoms with Crippen LogP contribution < -0.4 is 0 Å². The Morgan fingerprint density at radius 3 is 2.25 bits per heavy atom. The number of hydrogen-bond donors (Lipinski definition) is 0. The van der Waals surface area contributed by atoms with E-state index in [2.05, 4.69) is 82.3 Å². The molecule has 0 radical (unpaired) electrons. The monoisotopic (exact) mass is 440 g/mol. The Morgan fingerprint density at radius 2 is 1.61 bits per heavy atom. The van der Waals surface area contributed by atoms with Crippen LogP contribution in [-0.4, -0.2) is 36.3 Å².